The van der Waals surface area contributed by atoms with Crippen molar-refractivity contribution < 1.29 is 19.1 Å². The predicted octanol–water partition coefficient (Wildman–Crippen LogP) is 1.91. The third-order valence-electron chi connectivity index (χ3n) is 4.16. The Hall–Kier alpha value is -2.12. The molecule has 0 aliphatic carbocycles. The molecule has 26 heavy (non-hydrogen) atoms. The van der Waals surface area contributed by atoms with E-state index in [9.17, 15) is 9.59 Å². The van der Waals surface area contributed by atoms with Gasteiger partial charge in [0.2, 0.25) is 0 Å². The fraction of sp³-hybridized carbons (Fsp3) is 0.579. The third-order valence-corrected chi connectivity index (χ3v) is 4.16. The van der Waals surface area contributed by atoms with Gasteiger partial charge in [-0.2, -0.15) is 0 Å². The number of carbonyl (C=O) groups is 2. The summed E-state index contributed by atoms with van der Waals surface area (Å²) in [6, 6.07) is 10.0. The van der Waals surface area contributed by atoms with Gasteiger partial charge in [-0.05, 0) is 51.5 Å². The van der Waals surface area contributed by atoms with E-state index >= 15 is 0 Å². The molecule has 0 bridgehead atoms. The van der Waals surface area contributed by atoms with Gasteiger partial charge in [-0.1, -0.05) is 30.3 Å². The maximum absolute atomic E-state index is 10.8. The smallest absolute Gasteiger partial charge is 0.404 e. The van der Waals surface area contributed by atoms with Crippen LogP contribution in [0, 0.1) is 0 Å². The first-order valence-electron chi connectivity index (χ1n) is 8.96. The van der Waals surface area contributed by atoms with Crippen molar-refractivity contribution in [3.63, 3.8) is 0 Å². The van der Waals surface area contributed by atoms with Crippen LogP contribution >= 0.6 is 0 Å². The van der Waals surface area contributed by atoms with E-state index in [2.05, 4.69) is 26.7 Å². The lowest BCUT2D eigenvalue weighted by atomic mass is 10.1. The second-order valence-electron chi connectivity index (χ2n) is 6.30. The highest BCUT2D eigenvalue weighted by molar-refractivity contribution is 5.69. The van der Waals surface area contributed by atoms with E-state index < -0.39 is 6.09 Å². The minimum Gasteiger partial charge on any atom is -0.469 e. The van der Waals surface area contributed by atoms with Crippen LogP contribution in [-0.4, -0.2) is 56.8 Å². The Balaban J connectivity index is 0.000000273. The third kappa shape index (κ3) is 10.7. The number of likely N-dealkylation sites (tertiary alicyclic amines) is 1. The van der Waals surface area contributed by atoms with Crippen molar-refractivity contribution in [2.45, 2.75) is 38.3 Å². The lowest BCUT2D eigenvalue weighted by Crippen LogP contribution is -2.41. The number of benzene rings is 1. The van der Waals surface area contributed by atoms with Gasteiger partial charge in [-0.3, -0.25) is 4.79 Å². The van der Waals surface area contributed by atoms with Gasteiger partial charge in [0, 0.05) is 12.5 Å². The molecule has 1 aromatic rings. The highest BCUT2D eigenvalue weighted by Gasteiger charge is 2.15. The van der Waals surface area contributed by atoms with E-state index in [1.165, 1.54) is 33.0 Å². The van der Waals surface area contributed by atoms with E-state index in [-0.39, 0.29) is 12.6 Å². The monoisotopic (exact) mass is 365 g/mol. The Labute approximate surface area is 155 Å². The van der Waals surface area contributed by atoms with Gasteiger partial charge < -0.3 is 25.4 Å². The van der Waals surface area contributed by atoms with Crippen molar-refractivity contribution in [1.29, 1.82) is 0 Å². The van der Waals surface area contributed by atoms with Crippen LogP contribution in [0.5, 0.6) is 0 Å². The molecule has 0 aromatic heterocycles. The summed E-state index contributed by atoms with van der Waals surface area (Å²) < 4.78 is 9.15. The lowest BCUT2D eigenvalue weighted by molar-refractivity contribution is -0.140. The average Bonchev–Trinajstić information content (AvgIpc) is 2.66. The molecule has 2 rings (SSSR count). The molecule has 1 fully saturated rings. The maximum Gasteiger partial charge on any atom is 0.404 e. The van der Waals surface area contributed by atoms with E-state index in [0.29, 0.717) is 12.5 Å². The summed E-state index contributed by atoms with van der Waals surface area (Å²) in [7, 11) is 3.60. The number of nitrogens with one attached hydrogen (secondary N) is 1. The number of esters is 1. The second-order valence-corrected chi connectivity index (χ2v) is 6.30. The van der Waals surface area contributed by atoms with Gasteiger partial charge in [0.1, 0.15) is 6.61 Å². The minimum absolute atomic E-state index is 0.111. The highest BCUT2D eigenvalue weighted by Crippen LogP contribution is 2.08. The SMILES string of the molecule is COC(=O)CCCNC1CCN(C)CC1.NC(=O)OCc1ccccc1. The van der Waals surface area contributed by atoms with Crippen molar-refractivity contribution >= 4 is 12.1 Å². The fourth-order valence-electron chi connectivity index (χ4n) is 2.58. The normalized spacial score (nSPS) is 14.8. The first-order chi connectivity index (χ1) is 12.5. The number of ether oxygens (including phenoxy) is 2. The minimum atomic E-state index is -0.742. The number of hydrogen-bond donors (Lipinski definition) is 2. The van der Waals surface area contributed by atoms with Crippen LogP contribution in [0.15, 0.2) is 30.3 Å². The largest absolute Gasteiger partial charge is 0.469 e. The van der Waals surface area contributed by atoms with Gasteiger partial charge in [-0.15, -0.1) is 0 Å². The van der Waals surface area contributed by atoms with Crippen LogP contribution in [0.3, 0.4) is 0 Å². The Kier molecular flexibility index (Phi) is 11.1. The average molecular weight is 365 g/mol. The number of nitrogens with zero attached hydrogens (tertiary/aromatic N) is 1. The number of carbonyl (C=O) groups excluding carboxylic acids is 2. The molecule has 0 spiro atoms. The Morgan fingerprint density at radius 3 is 2.46 bits per heavy atom. The van der Waals surface area contributed by atoms with E-state index in [4.69, 9.17) is 5.73 Å². The van der Waals surface area contributed by atoms with E-state index in [1.54, 1.807) is 0 Å². The molecule has 1 aliphatic rings. The van der Waals surface area contributed by atoms with Gasteiger partial charge in [-0.25, -0.2) is 4.79 Å². The topological polar surface area (TPSA) is 93.9 Å². The van der Waals surface area contributed by atoms with Gasteiger partial charge in [0.25, 0.3) is 0 Å². The van der Waals surface area contributed by atoms with Crippen LogP contribution in [0.4, 0.5) is 4.79 Å². The Bertz CT molecular complexity index is 517. The Morgan fingerprint density at radius 2 is 1.88 bits per heavy atom. The second kappa shape index (κ2) is 13.1. The molecule has 7 heteroatoms. The molecule has 0 unspecified atom stereocenters. The lowest BCUT2D eigenvalue weighted by Gasteiger charge is -2.29. The molecule has 1 heterocycles. The van der Waals surface area contributed by atoms with Crippen molar-refractivity contribution in [2.24, 2.45) is 5.73 Å². The van der Waals surface area contributed by atoms with Crippen LogP contribution in [0.25, 0.3) is 0 Å². The molecule has 7 nitrogen and oxygen atoms in total. The fourth-order valence-corrected chi connectivity index (χ4v) is 2.58. The zero-order valence-electron chi connectivity index (χ0n) is 15.8. The number of rotatable bonds is 7. The molecular formula is C19H31N3O4. The molecule has 146 valence electrons. The molecule has 0 atom stereocenters. The van der Waals surface area contributed by atoms with Gasteiger partial charge >= 0.3 is 12.1 Å². The summed E-state index contributed by atoms with van der Waals surface area (Å²) in [6.45, 7) is 3.52. The quantitative estimate of drug-likeness (QED) is 0.566. The molecule has 0 radical (unpaired) electrons. The van der Waals surface area contributed by atoms with Gasteiger partial charge in [0.05, 0.1) is 7.11 Å². The van der Waals surface area contributed by atoms with E-state index in [0.717, 1.165) is 18.5 Å². The van der Waals surface area contributed by atoms with Crippen molar-refractivity contribution in [3.05, 3.63) is 35.9 Å². The molecule has 0 saturated carbocycles. The van der Waals surface area contributed by atoms with Crippen LogP contribution in [0.1, 0.15) is 31.2 Å². The van der Waals surface area contributed by atoms with Crippen molar-refractivity contribution in [2.75, 3.05) is 33.8 Å². The summed E-state index contributed by atoms with van der Waals surface area (Å²) in [5.74, 6) is -0.111. The first kappa shape index (κ1) is 21.9. The zero-order valence-corrected chi connectivity index (χ0v) is 15.8. The number of amides is 1. The summed E-state index contributed by atoms with van der Waals surface area (Å²) >= 11 is 0. The number of hydrogen-bond acceptors (Lipinski definition) is 6. The first-order valence-corrected chi connectivity index (χ1v) is 8.96. The summed E-state index contributed by atoms with van der Waals surface area (Å²) in [6.07, 6.45) is 3.09. The number of methoxy groups -OCH3 is 1. The molecule has 3 N–H and O–H groups in total. The van der Waals surface area contributed by atoms with Crippen molar-refractivity contribution in [1.82, 2.24) is 10.2 Å². The molecule has 1 amide bonds. The molecule has 1 saturated heterocycles. The highest BCUT2D eigenvalue weighted by atomic mass is 16.5. The van der Waals surface area contributed by atoms with Gasteiger partial charge in [0.15, 0.2) is 0 Å². The van der Waals surface area contributed by atoms with Crippen LogP contribution in [-0.2, 0) is 20.9 Å². The van der Waals surface area contributed by atoms with Crippen LogP contribution < -0.4 is 11.1 Å². The zero-order chi connectivity index (χ0) is 19.2. The van der Waals surface area contributed by atoms with Crippen LogP contribution in [0.2, 0.25) is 0 Å². The van der Waals surface area contributed by atoms with E-state index in [1.807, 2.05) is 30.3 Å². The summed E-state index contributed by atoms with van der Waals surface area (Å²) in [4.78, 5) is 23.4. The number of nitrogens with two attached hydrogens (primary N) is 1. The molecular weight excluding hydrogens is 334 g/mol. The molecule has 1 aromatic carbocycles. The maximum atomic E-state index is 10.8. The summed E-state index contributed by atoms with van der Waals surface area (Å²) in [5.41, 5.74) is 5.72. The molecule has 1 aliphatic heterocycles. The van der Waals surface area contributed by atoms with Crippen molar-refractivity contribution in [3.8, 4) is 0 Å². The standard InChI is InChI=1S/C11H22N2O2.C8H9NO2/c1-13-8-5-10(6-9-13)12-7-3-4-11(14)15-2;9-8(10)11-6-7-4-2-1-3-5-7/h10,12H,3-9H2,1-2H3;1-5H,6H2,(H2,9,10). The Morgan fingerprint density at radius 1 is 1.23 bits per heavy atom. The summed E-state index contributed by atoms with van der Waals surface area (Å²) in [5, 5.41) is 3.49. The predicted molar refractivity (Wildman–Crippen MR) is 101 cm³/mol. The number of piperidine rings is 1. The number of primary amides is 1.